The van der Waals surface area contributed by atoms with Crippen molar-refractivity contribution in [3.8, 4) is 11.3 Å². The number of hydrogen-bond acceptors (Lipinski definition) is 5. The molecule has 1 aliphatic rings. The fourth-order valence-corrected chi connectivity index (χ4v) is 5.66. The molecular formula is C21H19BrN2O4S. The molecule has 0 bridgehead atoms. The van der Waals surface area contributed by atoms with Crippen molar-refractivity contribution >= 4 is 31.7 Å². The van der Waals surface area contributed by atoms with Crippen LogP contribution in [0.2, 0.25) is 0 Å². The average molecular weight is 475 g/mol. The van der Waals surface area contributed by atoms with Crippen LogP contribution in [0.5, 0.6) is 0 Å². The SMILES string of the molecule is O=C(c1cc(-c2ccccc2)on1)N(Cc1cccc(Br)c1)[C@H]1CCS(=O)(=O)C1. The number of benzene rings is 2. The Morgan fingerprint density at radius 1 is 1.14 bits per heavy atom. The number of carbonyl (C=O) groups excluding carboxylic acids is 1. The fourth-order valence-electron chi connectivity index (χ4n) is 3.48. The van der Waals surface area contributed by atoms with E-state index in [0.717, 1.165) is 15.6 Å². The van der Waals surface area contributed by atoms with Crippen molar-refractivity contribution in [1.82, 2.24) is 10.1 Å². The van der Waals surface area contributed by atoms with Crippen molar-refractivity contribution < 1.29 is 17.7 Å². The van der Waals surface area contributed by atoms with Gasteiger partial charge in [0.2, 0.25) is 0 Å². The summed E-state index contributed by atoms with van der Waals surface area (Å²) in [5.41, 5.74) is 1.90. The summed E-state index contributed by atoms with van der Waals surface area (Å²) in [6, 6.07) is 18.2. The summed E-state index contributed by atoms with van der Waals surface area (Å²) in [7, 11) is -3.14. The predicted molar refractivity (Wildman–Crippen MR) is 113 cm³/mol. The van der Waals surface area contributed by atoms with Crippen LogP contribution in [0.1, 0.15) is 22.5 Å². The summed E-state index contributed by atoms with van der Waals surface area (Å²) < 4.78 is 30.3. The van der Waals surface area contributed by atoms with Gasteiger partial charge in [0, 0.05) is 28.7 Å². The molecule has 8 heteroatoms. The molecule has 4 rings (SSSR count). The highest BCUT2D eigenvalue weighted by molar-refractivity contribution is 9.10. The maximum absolute atomic E-state index is 13.3. The molecule has 0 unspecified atom stereocenters. The van der Waals surface area contributed by atoms with E-state index in [2.05, 4.69) is 21.1 Å². The highest BCUT2D eigenvalue weighted by atomic mass is 79.9. The molecule has 2 aromatic carbocycles. The number of amides is 1. The van der Waals surface area contributed by atoms with Crippen LogP contribution in [0.3, 0.4) is 0 Å². The Balaban J connectivity index is 1.63. The molecule has 1 saturated heterocycles. The number of hydrogen-bond donors (Lipinski definition) is 0. The van der Waals surface area contributed by atoms with Gasteiger partial charge >= 0.3 is 0 Å². The number of halogens is 1. The third-order valence-electron chi connectivity index (χ3n) is 4.94. The van der Waals surface area contributed by atoms with E-state index in [0.29, 0.717) is 18.7 Å². The van der Waals surface area contributed by atoms with E-state index >= 15 is 0 Å². The smallest absolute Gasteiger partial charge is 0.276 e. The monoisotopic (exact) mass is 474 g/mol. The van der Waals surface area contributed by atoms with Crippen molar-refractivity contribution in [3.05, 3.63) is 76.4 Å². The van der Waals surface area contributed by atoms with Crippen molar-refractivity contribution in [2.24, 2.45) is 0 Å². The largest absolute Gasteiger partial charge is 0.355 e. The molecule has 2 heterocycles. The predicted octanol–water partition coefficient (Wildman–Crippen LogP) is 3.93. The summed E-state index contributed by atoms with van der Waals surface area (Å²) in [6.07, 6.45) is 0.422. The Kier molecular flexibility index (Phi) is 5.56. The molecule has 6 nitrogen and oxygen atoms in total. The van der Waals surface area contributed by atoms with E-state index in [1.165, 1.54) is 0 Å². The maximum atomic E-state index is 13.3. The first-order chi connectivity index (χ1) is 13.9. The van der Waals surface area contributed by atoms with Gasteiger partial charge in [-0.15, -0.1) is 0 Å². The van der Waals surface area contributed by atoms with Gasteiger partial charge in [-0.25, -0.2) is 8.42 Å². The van der Waals surface area contributed by atoms with E-state index in [-0.39, 0.29) is 29.1 Å². The summed E-state index contributed by atoms with van der Waals surface area (Å²) in [5, 5.41) is 3.96. The zero-order chi connectivity index (χ0) is 20.4. The summed E-state index contributed by atoms with van der Waals surface area (Å²) in [4.78, 5) is 14.9. The Labute approximate surface area is 177 Å². The number of sulfone groups is 1. The highest BCUT2D eigenvalue weighted by Gasteiger charge is 2.36. The fraction of sp³-hybridized carbons (Fsp3) is 0.238. The van der Waals surface area contributed by atoms with Crippen LogP contribution in [-0.2, 0) is 16.4 Å². The van der Waals surface area contributed by atoms with Gasteiger partial charge in [-0.3, -0.25) is 4.79 Å². The Bertz CT molecular complexity index is 1130. The van der Waals surface area contributed by atoms with Gasteiger partial charge in [0.15, 0.2) is 21.3 Å². The maximum Gasteiger partial charge on any atom is 0.276 e. The van der Waals surface area contributed by atoms with Gasteiger partial charge in [0.05, 0.1) is 11.5 Å². The highest BCUT2D eigenvalue weighted by Crippen LogP contribution is 2.25. The molecule has 1 fully saturated rings. The summed E-state index contributed by atoms with van der Waals surface area (Å²) >= 11 is 3.44. The first kappa shape index (κ1) is 19.8. The van der Waals surface area contributed by atoms with Crippen molar-refractivity contribution in [2.75, 3.05) is 11.5 Å². The Hall–Kier alpha value is -2.45. The minimum Gasteiger partial charge on any atom is -0.355 e. The van der Waals surface area contributed by atoms with Crippen LogP contribution in [0.25, 0.3) is 11.3 Å². The quantitative estimate of drug-likeness (QED) is 0.559. The molecule has 1 aliphatic heterocycles. The second-order valence-electron chi connectivity index (χ2n) is 7.06. The van der Waals surface area contributed by atoms with Gasteiger partial charge < -0.3 is 9.42 Å². The lowest BCUT2D eigenvalue weighted by molar-refractivity contribution is 0.0670. The van der Waals surface area contributed by atoms with Gasteiger partial charge in [0.25, 0.3) is 5.91 Å². The molecule has 150 valence electrons. The van der Waals surface area contributed by atoms with Gasteiger partial charge in [0.1, 0.15) is 0 Å². The van der Waals surface area contributed by atoms with E-state index in [4.69, 9.17) is 4.52 Å². The van der Waals surface area contributed by atoms with Crippen LogP contribution in [0.4, 0.5) is 0 Å². The van der Waals surface area contributed by atoms with Gasteiger partial charge in [-0.05, 0) is 24.1 Å². The molecule has 1 aromatic heterocycles. The van der Waals surface area contributed by atoms with Crippen molar-refractivity contribution in [1.29, 1.82) is 0 Å². The standard InChI is InChI=1S/C21H19BrN2O4S/c22-17-8-4-5-15(11-17)13-24(18-9-10-29(26,27)14-18)21(25)19-12-20(28-23-19)16-6-2-1-3-7-16/h1-8,11-12,18H,9-10,13-14H2/t18-/m0/s1. The number of rotatable bonds is 5. The Morgan fingerprint density at radius 3 is 2.62 bits per heavy atom. The molecule has 29 heavy (non-hydrogen) atoms. The lowest BCUT2D eigenvalue weighted by atomic mass is 10.1. The molecule has 0 spiro atoms. The zero-order valence-corrected chi connectivity index (χ0v) is 17.9. The normalized spacial score (nSPS) is 17.9. The van der Waals surface area contributed by atoms with Crippen LogP contribution in [0, 0.1) is 0 Å². The number of carbonyl (C=O) groups is 1. The third kappa shape index (κ3) is 4.59. The minimum atomic E-state index is -3.14. The van der Waals surface area contributed by atoms with E-state index in [9.17, 15) is 13.2 Å². The van der Waals surface area contributed by atoms with Crippen LogP contribution >= 0.6 is 15.9 Å². The van der Waals surface area contributed by atoms with Gasteiger partial charge in [-0.2, -0.15) is 0 Å². The summed E-state index contributed by atoms with van der Waals surface area (Å²) in [6.45, 7) is 0.298. The average Bonchev–Trinajstić information content (AvgIpc) is 3.33. The summed E-state index contributed by atoms with van der Waals surface area (Å²) in [5.74, 6) is 0.220. The Morgan fingerprint density at radius 2 is 1.93 bits per heavy atom. The molecule has 0 radical (unpaired) electrons. The van der Waals surface area contributed by atoms with E-state index < -0.39 is 9.84 Å². The molecule has 0 saturated carbocycles. The molecule has 3 aromatic rings. The second kappa shape index (κ2) is 8.12. The first-order valence-corrected chi connectivity index (χ1v) is 11.8. The topological polar surface area (TPSA) is 80.5 Å². The van der Waals surface area contributed by atoms with Crippen molar-refractivity contribution in [2.45, 2.75) is 19.0 Å². The molecule has 0 N–H and O–H groups in total. The zero-order valence-electron chi connectivity index (χ0n) is 15.5. The lowest BCUT2D eigenvalue weighted by Crippen LogP contribution is -2.40. The molecule has 1 amide bonds. The first-order valence-electron chi connectivity index (χ1n) is 9.19. The minimum absolute atomic E-state index is 0.0316. The van der Waals surface area contributed by atoms with Crippen LogP contribution in [0.15, 0.2) is 69.7 Å². The van der Waals surface area contributed by atoms with Crippen LogP contribution in [-0.4, -0.2) is 41.9 Å². The van der Waals surface area contributed by atoms with E-state index in [1.54, 1.807) is 11.0 Å². The van der Waals surface area contributed by atoms with Gasteiger partial charge in [-0.1, -0.05) is 63.6 Å². The second-order valence-corrected chi connectivity index (χ2v) is 10.2. The third-order valence-corrected chi connectivity index (χ3v) is 7.18. The number of nitrogens with zero attached hydrogens (tertiary/aromatic N) is 2. The molecule has 1 atom stereocenters. The molecular weight excluding hydrogens is 456 g/mol. The number of aromatic nitrogens is 1. The lowest BCUT2D eigenvalue weighted by Gasteiger charge is -2.27. The molecule has 0 aliphatic carbocycles. The van der Waals surface area contributed by atoms with Crippen molar-refractivity contribution in [3.63, 3.8) is 0 Å². The van der Waals surface area contributed by atoms with Crippen LogP contribution < -0.4 is 0 Å². The van der Waals surface area contributed by atoms with E-state index in [1.807, 2.05) is 54.6 Å².